The van der Waals surface area contributed by atoms with Crippen molar-refractivity contribution < 1.29 is 4.74 Å². The molecular weight excluding hydrogens is 242 g/mol. The zero-order valence-electron chi connectivity index (χ0n) is 8.94. The first-order valence-corrected chi connectivity index (χ1v) is 6.38. The fourth-order valence-electron chi connectivity index (χ4n) is 1.48. The van der Waals surface area contributed by atoms with Crippen LogP contribution >= 0.6 is 22.9 Å². The summed E-state index contributed by atoms with van der Waals surface area (Å²) in [6.07, 6.45) is 1.78. The molecule has 2 nitrogen and oxygen atoms in total. The van der Waals surface area contributed by atoms with E-state index in [-0.39, 0.29) is 0 Å². The zero-order chi connectivity index (χ0) is 11.4. The number of para-hydroxylation sites is 1. The fraction of sp³-hybridized carbons (Fsp3) is 0.250. The molecule has 0 saturated carbocycles. The molecule has 0 amide bonds. The minimum atomic E-state index is 0.467. The van der Waals surface area contributed by atoms with Gasteiger partial charge in [0.05, 0.1) is 5.88 Å². The van der Waals surface area contributed by atoms with E-state index in [1.807, 2.05) is 30.5 Å². The lowest BCUT2D eigenvalue weighted by Gasteiger charge is -2.11. The second-order valence-electron chi connectivity index (χ2n) is 3.41. The second-order valence-corrected chi connectivity index (χ2v) is 4.66. The van der Waals surface area contributed by atoms with Crippen LogP contribution in [0.3, 0.4) is 0 Å². The van der Waals surface area contributed by atoms with Gasteiger partial charge in [-0.2, -0.15) is 0 Å². The number of alkyl halides is 1. The monoisotopic (exact) mass is 253 g/mol. The molecular formula is C12H12ClNOS. The summed E-state index contributed by atoms with van der Waals surface area (Å²) in [5.74, 6) is 1.35. The number of thiazole rings is 1. The Labute approximate surface area is 104 Å². The summed E-state index contributed by atoms with van der Waals surface area (Å²) >= 11 is 7.46. The minimum Gasteiger partial charge on any atom is -0.486 e. The van der Waals surface area contributed by atoms with E-state index in [1.54, 1.807) is 17.5 Å². The summed E-state index contributed by atoms with van der Waals surface area (Å²) in [4.78, 5) is 4.18. The average Bonchev–Trinajstić information content (AvgIpc) is 2.80. The first-order chi connectivity index (χ1) is 7.81. The smallest absolute Gasteiger partial charge is 0.140 e. The molecule has 1 aromatic heterocycles. The number of halogens is 1. The number of aryl methyl sites for hydroxylation is 1. The van der Waals surface area contributed by atoms with Gasteiger partial charge >= 0.3 is 0 Å². The van der Waals surface area contributed by atoms with Gasteiger partial charge in [-0.1, -0.05) is 18.2 Å². The predicted octanol–water partition coefficient (Wildman–Crippen LogP) is 3.77. The maximum absolute atomic E-state index is 5.87. The minimum absolute atomic E-state index is 0.467. The van der Waals surface area contributed by atoms with Crippen LogP contribution in [-0.2, 0) is 12.5 Å². The van der Waals surface area contributed by atoms with Crippen LogP contribution in [0.1, 0.15) is 16.1 Å². The lowest BCUT2D eigenvalue weighted by atomic mass is 10.1. The number of hydrogen-bond acceptors (Lipinski definition) is 3. The Morgan fingerprint density at radius 2 is 2.31 bits per heavy atom. The number of nitrogens with zero attached hydrogens (tertiary/aromatic N) is 1. The normalized spacial score (nSPS) is 10.4. The third kappa shape index (κ3) is 2.54. The van der Waals surface area contributed by atoms with Crippen molar-refractivity contribution in [3.63, 3.8) is 0 Å². The molecule has 0 saturated heterocycles. The molecule has 84 valence electrons. The Balaban J connectivity index is 2.14. The van der Waals surface area contributed by atoms with Crippen LogP contribution in [0.4, 0.5) is 0 Å². The van der Waals surface area contributed by atoms with Gasteiger partial charge in [-0.15, -0.1) is 22.9 Å². The van der Waals surface area contributed by atoms with Crippen molar-refractivity contribution in [2.45, 2.75) is 19.4 Å². The lowest BCUT2D eigenvalue weighted by Crippen LogP contribution is -1.99. The maximum atomic E-state index is 5.87. The Morgan fingerprint density at radius 3 is 3.00 bits per heavy atom. The molecule has 1 heterocycles. The van der Waals surface area contributed by atoms with Crippen molar-refractivity contribution in [1.82, 2.24) is 4.98 Å². The topological polar surface area (TPSA) is 22.1 Å². The average molecular weight is 254 g/mol. The molecule has 0 spiro atoms. The van der Waals surface area contributed by atoms with Gasteiger partial charge in [0.2, 0.25) is 0 Å². The number of benzene rings is 1. The summed E-state index contributed by atoms with van der Waals surface area (Å²) in [7, 11) is 0. The van der Waals surface area contributed by atoms with E-state index in [2.05, 4.69) is 4.98 Å². The van der Waals surface area contributed by atoms with Crippen molar-refractivity contribution in [3.8, 4) is 5.75 Å². The van der Waals surface area contributed by atoms with Gasteiger partial charge in [-0.3, -0.25) is 0 Å². The van der Waals surface area contributed by atoms with Crippen LogP contribution in [0.5, 0.6) is 5.75 Å². The van der Waals surface area contributed by atoms with Crippen molar-refractivity contribution in [2.24, 2.45) is 0 Å². The third-order valence-electron chi connectivity index (χ3n) is 2.26. The number of aromatic nitrogens is 1. The van der Waals surface area contributed by atoms with Crippen LogP contribution in [-0.4, -0.2) is 4.98 Å². The van der Waals surface area contributed by atoms with E-state index >= 15 is 0 Å². The molecule has 2 aromatic rings. The summed E-state index contributed by atoms with van der Waals surface area (Å²) in [5, 5.41) is 2.92. The number of rotatable bonds is 4. The molecule has 0 bridgehead atoms. The second kappa shape index (κ2) is 5.32. The fourth-order valence-corrected chi connectivity index (χ4v) is 2.22. The Kier molecular flexibility index (Phi) is 3.80. The predicted molar refractivity (Wildman–Crippen MR) is 67.2 cm³/mol. The summed E-state index contributed by atoms with van der Waals surface area (Å²) in [6.45, 7) is 2.53. The zero-order valence-corrected chi connectivity index (χ0v) is 10.5. The molecule has 4 heteroatoms. The highest BCUT2D eigenvalue weighted by molar-refractivity contribution is 7.09. The highest BCUT2D eigenvalue weighted by atomic mass is 35.5. The maximum Gasteiger partial charge on any atom is 0.140 e. The molecule has 0 aliphatic carbocycles. The van der Waals surface area contributed by atoms with E-state index in [9.17, 15) is 0 Å². The highest BCUT2D eigenvalue weighted by Crippen LogP contribution is 2.25. The first kappa shape index (κ1) is 11.4. The molecule has 0 N–H and O–H groups in total. The molecule has 0 unspecified atom stereocenters. The summed E-state index contributed by atoms with van der Waals surface area (Å²) < 4.78 is 5.77. The van der Waals surface area contributed by atoms with Gasteiger partial charge in [-0.25, -0.2) is 4.98 Å². The Hall–Kier alpha value is -1.06. The van der Waals surface area contributed by atoms with Crippen molar-refractivity contribution in [1.29, 1.82) is 0 Å². The first-order valence-electron chi connectivity index (χ1n) is 4.97. The van der Waals surface area contributed by atoms with Crippen LogP contribution in [0.2, 0.25) is 0 Å². The van der Waals surface area contributed by atoms with Gasteiger partial charge in [0, 0.05) is 17.1 Å². The Bertz CT molecular complexity index is 456. The molecule has 2 rings (SSSR count). The van der Waals surface area contributed by atoms with Crippen molar-refractivity contribution >= 4 is 22.9 Å². The van der Waals surface area contributed by atoms with E-state index in [0.29, 0.717) is 12.5 Å². The van der Waals surface area contributed by atoms with Crippen LogP contribution in [0.15, 0.2) is 29.8 Å². The van der Waals surface area contributed by atoms with Gasteiger partial charge in [-0.05, 0) is 12.5 Å². The standard InChI is InChI=1S/C12H12ClNOS/c1-9-3-2-4-10(7-13)12(9)15-8-11-14-5-6-16-11/h2-6H,7-8H2,1H3. The number of ether oxygens (including phenoxy) is 1. The molecule has 1 aromatic carbocycles. The van der Waals surface area contributed by atoms with Gasteiger partial charge < -0.3 is 4.74 Å². The van der Waals surface area contributed by atoms with Gasteiger partial charge in [0.25, 0.3) is 0 Å². The van der Waals surface area contributed by atoms with Gasteiger partial charge in [0.1, 0.15) is 17.4 Å². The summed E-state index contributed by atoms with van der Waals surface area (Å²) in [6, 6.07) is 5.99. The van der Waals surface area contributed by atoms with Crippen molar-refractivity contribution in [3.05, 3.63) is 45.9 Å². The largest absolute Gasteiger partial charge is 0.486 e. The summed E-state index contributed by atoms with van der Waals surface area (Å²) in [5.41, 5.74) is 2.13. The molecule has 0 aliphatic rings. The van der Waals surface area contributed by atoms with E-state index < -0.39 is 0 Å². The highest BCUT2D eigenvalue weighted by Gasteiger charge is 2.06. The molecule has 0 atom stereocenters. The quantitative estimate of drug-likeness (QED) is 0.774. The lowest BCUT2D eigenvalue weighted by molar-refractivity contribution is 0.301. The third-order valence-corrected chi connectivity index (χ3v) is 3.30. The van der Waals surface area contributed by atoms with Crippen LogP contribution in [0, 0.1) is 6.92 Å². The van der Waals surface area contributed by atoms with E-state index in [0.717, 1.165) is 21.9 Å². The van der Waals surface area contributed by atoms with Crippen LogP contribution < -0.4 is 4.74 Å². The molecule has 0 radical (unpaired) electrons. The molecule has 0 aliphatic heterocycles. The molecule has 0 fully saturated rings. The number of hydrogen-bond donors (Lipinski definition) is 0. The Morgan fingerprint density at radius 1 is 1.44 bits per heavy atom. The van der Waals surface area contributed by atoms with Crippen LogP contribution in [0.25, 0.3) is 0 Å². The van der Waals surface area contributed by atoms with Gasteiger partial charge in [0.15, 0.2) is 0 Å². The van der Waals surface area contributed by atoms with E-state index in [4.69, 9.17) is 16.3 Å². The van der Waals surface area contributed by atoms with Crippen molar-refractivity contribution in [2.75, 3.05) is 0 Å². The molecule has 16 heavy (non-hydrogen) atoms. The SMILES string of the molecule is Cc1cccc(CCl)c1OCc1nccs1. The van der Waals surface area contributed by atoms with E-state index in [1.165, 1.54) is 0 Å².